The quantitative estimate of drug-likeness (QED) is 0.299. The summed E-state index contributed by atoms with van der Waals surface area (Å²) in [4.78, 5) is 42.0. The number of nitrogens with one attached hydrogen (secondary N) is 1. The Balaban J connectivity index is 1.60. The zero-order chi connectivity index (χ0) is 25.1. The number of pyridine rings is 1. The molecule has 1 unspecified atom stereocenters. The third-order valence-corrected chi connectivity index (χ3v) is 5.56. The zero-order valence-corrected chi connectivity index (χ0v) is 20.0. The Morgan fingerprint density at radius 3 is 2.29 bits per heavy atom. The van der Waals surface area contributed by atoms with Crippen LogP contribution in [0.1, 0.15) is 54.5 Å². The van der Waals surface area contributed by atoms with Crippen molar-refractivity contribution in [1.29, 1.82) is 0 Å². The van der Waals surface area contributed by atoms with Crippen LogP contribution in [0.2, 0.25) is 0 Å². The molecule has 8 nitrogen and oxygen atoms in total. The fraction of sp³-hybridized carbons (Fsp3) is 0.222. The van der Waals surface area contributed by atoms with Crippen LogP contribution in [0.5, 0.6) is 0 Å². The summed E-state index contributed by atoms with van der Waals surface area (Å²) in [5.41, 5.74) is 3.34. The van der Waals surface area contributed by atoms with Crippen molar-refractivity contribution in [2.75, 3.05) is 5.32 Å². The van der Waals surface area contributed by atoms with Crippen molar-refractivity contribution >= 4 is 34.4 Å². The number of hydrogen-bond acceptors (Lipinski definition) is 6. The van der Waals surface area contributed by atoms with Gasteiger partial charge >= 0.3 is 5.97 Å². The average Bonchev–Trinajstić information content (AvgIpc) is 3.28. The minimum absolute atomic E-state index is 0.0361. The number of anilines is 1. The number of esters is 1. The van der Waals surface area contributed by atoms with Gasteiger partial charge in [-0.15, -0.1) is 0 Å². The normalized spacial score (nSPS) is 11.9. The highest BCUT2D eigenvalue weighted by atomic mass is 16.5. The van der Waals surface area contributed by atoms with Crippen molar-refractivity contribution in [2.45, 2.75) is 39.8 Å². The Kier molecular flexibility index (Phi) is 6.73. The van der Waals surface area contributed by atoms with E-state index >= 15 is 0 Å². The first-order chi connectivity index (χ1) is 16.7. The van der Waals surface area contributed by atoms with E-state index in [0.29, 0.717) is 28.0 Å². The number of ether oxygens (including phenoxy) is 1. The lowest BCUT2D eigenvalue weighted by atomic mass is 10.1. The molecule has 4 rings (SSSR count). The number of hydrogen-bond donors (Lipinski definition) is 1. The second-order valence-electron chi connectivity index (χ2n) is 8.51. The molecule has 4 aromatic rings. The second-order valence-corrected chi connectivity index (χ2v) is 8.51. The number of nitrogens with zero attached hydrogens (tertiary/aromatic N) is 3. The summed E-state index contributed by atoms with van der Waals surface area (Å²) in [5, 5.41) is 7.66. The van der Waals surface area contributed by atoms with Crippen molar-refractivity contribution in [3.63, 3.8) is 0 Å². The predicted octanol–water partition coefficient (Wildman–Crippen LogP) is 5.07. The van der Waals surface area contributed by atoms with Crippen molar-refractivity contribution in [3.8, 4) is 11.3 Å². The number of Topliss-reactive ketones (excluding diaryl/α,β-unsaturated/α-hetero) is 1. The van der Waals surface area contributed by atoms with Crippen LogP contribution in [-0.4, -0.2) is 38.5 Å². The molecular formula is C27H26N4O4. The Bertz CT molecular complexity index is 1390. The number of benzene rings is 2. The highest BCUT2D eigenvalue weighted by Gasteiger charge is 2.24. The van der Waals surface area contributed by atoms with Crippen molar-refractivity contribution in [1.82, 2.24) is 14.8 Å². The van der Waals surface area contributed by atoms with Crippen LogP contribution in [0.3, 0.4) is 0 Å². The number of carbonyl (C=O) groups excluding carboxylic acids is 3. The molecule has 35 heavy (non-hydrogen) atoms. The molecule has 0 aliphatic carbocycles. The topological polar surface area (TPSA) is 103 Å². The van der Waals surface area contributed by atoms with Gasteiger partial charge in [-0.05, 0) is 58.0 Å². The molecule has 0 aliphatic rings. The van der Waals surface area contributed by atoms with Crippen LogP contribution in [0, 0.1) is 0 Å². The number of aromatic nitrogens is 3. The van der Waals surface area contributed by atoms with Gasteiger partial charge < -0.3 is 10.1 Å². The van der Waals surface area contributed by atoms with E-state index in [1.807, 2.05) is 44.2 Å². The van der Waals surface area contributed by atoms with E-state index in [0.717, 1.165) is 5.56 Å². The number of fused-ring (bicyclic) bond motifs is 1. The molecule has 2 aromatic heterocycles. The molecular weight excluding hydrogens is 444 g/mol. The number of rotatable bonds is 7. The van der Waals surface area contributed by atoms with E-state index in [1.165, 1.54) is 13.8 Å². The molecule has 0 saturated carbocycles. The predicted molar refractivity (Wildman–Crippen MR) is 133 cm³/mol. The summed E-state index contributed by atoms with van der Waals surface area (Å²) < 4.78 is 7.28. The highest BCUT2D eigenvalue weighted by Crippen LogP contribution is 2.27. The summed E-state index contributed by atoms with van der Waals surface area (Å²) in [5.74, 6) is -1.20. The molecule has 0 saturated heterocycles. The van der Waals surface area contributed by atoms with Crippen LogP contribution in [-0.2, 0) is 9.53 Å². The van der Waals surface area contributed by atoms with Crippen molar-refractivity contribution in [2.24, 2.45) is 0 Å². The van der Waals surface area contributed by atoms with Gasteiger partial charge in [-0.25, -0.2) is 14.5 Å². The first-order valence-electron chi connectivity index (χ1n) is 11.3. The lowest BCUT2D eigenvalue weighted by molar-refractivity contribution is -0.123. The zero-order valence-electron chi connectivity index (χ0n) is 20.0. The molecule has 2 heterocycles. The van der Waals surface area contributed by atoms with Crippen molar-refractivity contribution in [3.05, 3.63) is 78.0 Å². The van der Waals surface area contributed by atoms with E-state index in [9.17, 15) is 14.4 Å². The Morgan fingerprint density at radius 1 is 0.971 bits per heavy atom. The van der Waals surface area contributed by atoms with Gasteiger partial charge in [0, 0.05) is 22.9 Å². The third kappa shape index (κ3) is 5.11. The van der Waals surface area contributed by atoms with E-state index in [-0.39, 0.29) is 17.4 Å². The lowest BCUT2D eigenvalue weighted by Gasteiger charge is -2.15. The van der Waals surface area contributed by atoms with Gasteiger partial charge in [0.15, 0.2) is 17.5 Å². The summed E-state index contributed by atoms with van der Waals surface area (Å²) in [6, 6.07) is 17.7. The van der Waals surface area contributed by atoms with E-state index in [2.05, 4.69) is 10.4 Å². The fourth-order valence-corrected chi connectivity index (χ4v) is 3.63. The maximum atomic E-state index is 13.2. The highest BCUT2D eigenvalue weighted by molar-refractivity contribution is 6.05. The minimum Gasteiger partial charge on any atom is -0.449 e. The Hall–Kier alpha value is -4.33. The SMILES string of the molecule is CC(=O)c1ccc(NC(=O)C(C)OC(=O)c2cc(-c3ccccc3)nc3c2cnn3C(C)C)cc1. The second kappa shape index (κ2) is 9.89. The number of carbonyl (C=O) groups is 3. The molecule has 0 bridgehead atoms. The number of ketones is 1. The maximum Gasteiger partial charge on any atom is 0.339 e. The first kappa shape index (κ1) is 23.8. The van der Waals surface area contributed by atoms with Crippen LogP contribution in [0.4, 0.5) is 5.69 Å². The maximum absolute atomic E-state index is 13.2. The molecule has 178 valence electrons. The molecule has 0 radical (unpaired) electrons. The molecule has 1 amide bonds. The van der Waals surface area contributed by atoms with Gasteiger partial charge in [0.05, 0.1) is 22.8 Å². The first-order valence-corrected chi connectivity index (χ1v) is 11.3. The molecule has 2 aromatic carbocycles. The fourth-order valence-electron chi connectivity index (χ4n) is 3.63. The monoisotopic (exact) mass is 470 g/mol. The van der Waals surface area contributed by atoms with Gasteiger partial charge in [0.2, 0.25) is 0 Å². The minimum atomic E-state index is -1.06. The van der Waals surface area contributed by atoms with Gasteiger partial charge in [0.1, 0.15) is 0 Å². The van der Waals surface area contributed by atoms with Crippen molar-refractivity contribution < 1.29 is 19.1 Å². The average molecular weight is 471 g/mol. The van der Waals surface area contributed by atoms with Crippen LogP contribution in [0.15, 0.2) is 66.9 Å². The van der Waals surface area contributed by atoms with E-state index < -0.39 is 18.0 Å². The molecule has 1 N–H and O–H groups in total. The standard InChI is InChI=1S/C27H26N4O4/c1-16(2)31-25-23(15-28-31)22(14-24(30-25)20-8-6-5-7-9-20)27(34)35-18(4)26(33)29-21-12-10-19(11-13-21)17(3)32/h5-16,18H,1-4H3,(H,29,33). The molecule has 0 spiro atoms. The molecule has 0 aliphatic heterocycles. The van der Waals surface area contributed by atoms with Gasteiger partial charge in [-0.3, -0.25) is 9.59 Å². The Labute approximate surface area is 202 Å². The third-order valence-electron chi connectivity index (χ3n) is 5.56. The van der Waals surface area contributed by atoms with Crippen LogP contribution >= 0.6 is 0 Å². The summed E-state index contributed by atoms with van der Waals surface area (Å²) >= 11 is 0. The smallest absolute Gasteiger partial charge is 0.339 e. The van der Waals surface area contributed by atoms with E-state index in [1.54, 1.807) is 41.2 Å². The van der Waals surface area contributed by atoms with E-state index in [4.69, 9.17) is 9.72 Å². The van der Waals surface area contributed by atoms with Gasteiger partial charge in [-0.2, -0.15) is 5.10 Å². The number of amides is 1. The summed E-state index contributed by atoms with van der Waals surface area (Å²) in [6.45, 7) is 6.94. The Morgan fingerprint density at radius 2 is 1.66 bits per heavy atom. The molecule has 8 heteroatoms. The largest absolute Gasteiger partial charge is 0.449 e. The summed E-state index contributed by atoms with van der Waals surface area (Å²) in [7, 11) is 0. The van der Waals surface area contributed by atoms with Gasteiger partial charge in [0.25, 0.3) is 5.91 Å². The van der Waals surface area contributed by atoms with Crippen LogP contribution < -0.4 is 5.32 Å². The molecule has 0 fully saturated rings. The van der Waals surface area contributed by atoms with Gasteiger partial charge in [-0.1, -0.05) is 30.3 Å². The summed E-state index contributed by atoms with van der Waals surface area (Å²) in [6.07, 6.45) is 0.535. The van der Waals surface area contributed by atoms with Crippen LogP contribution in [0.25, 0.3) is 22.3 Å². The lowest BCUT2D eigenvalue weighted by Crippen LogP contribution is -2.30. The molecule has 1 atom stereocenters.